The van der Waals surface area contributed by atoms with Crippen LogP contribution in [0.3, 0.4) is 0 Å². The highest BCUT2D eigenvalue weighted by Gasteiger charge is 2.16. The van der Waals surface area contributed by atoms with Crippen LogP contribution in [0.25, 0.3) is 0 Å². The van der Waals surface area contributed by atoms with Crippen LogP contribution in [-0.4, -0.2) is 72.2 Å². The van der Waals surface area contributed by atoms with Gasteiger partial charge in [-0.2, -0.15) is 0 Å². The maximum absolute atomic E-state index is 12.1. The lowest BCUT2D eigenvalue weighted by molar-refractivity contribution is -0.0530. The fourth-order valence-electron chi connectivity index (χ4n) is 3.34. The maximum atomic E-state index is 12.1. The molecule has 0 aromatic rings. The molecule has 0 spiro atoms. The van der Waals surface area contributed by atoms with Crippen LogP contribution in [0.4, 0.5) is 4.79 Å². The lowest BCUT2D eigenvalue weighted by Crippen LogP contribution is -2.27. The molecule has 0 heterocycles. The standard InChI is InChI=1S/C25H50O7/c1-5-7-9-11-13-15-23(29-19-17-27-3)21-31-25(26)32-22-24(30-20-18-28-4)16-14-12-10-8-6-2/h23-24H,5-22H2,1-4H3. The van der Waals surface area contributed by atoms with E-state index >= 15 is 0 Å². The van der Waals surface area contributed by atoms with E-state index in [9.17, 15) is 4.79 Å². The van der Waals surface area contributed by atoms with Gasteiger partial charge in [-0.05, 0) is 12.8 Å². The van der Waals surface area contributed by atoms with Gasteiger partial charge in [0.15, 0.2) is 0 Å². The van der Waals surface area contributed by atoms with Crippen molar-refractivity contribution in [2.24, 2.45) is 0 Å². The monoisotopic (exact) mass is 462 g/mol. The van der Waals surface area contributed by atoms with Gasteiger partial charge in [-0.15, -0.1) is 0 Å². The second-order valence-corrected chi connectivity index (χ2v) is 8.25. The van der Waals surface area contributed by atoms with Gasteiger partial charge in [-0.25, -0.2) is 4.79 Å². The average molecular weight is 463 g/mol. The highest BCUT2D eigenvalue weighted by atomic mass is 16.7. The number of methoxy groups -OCH3 is 2. The topological polar surface area (TPSA) is 72.5 Å². The molecule has 0 amide bonds. The van der Waals surface area contributed by atoms with Crippen molar-refractivity contribution in [2.75, 3.05) is 53.9 Å². The normalized spacial score (nSPS) is 13.1. The highest BCUT2D eigenvalue weighted by molar-refractivity contribution is 5.59. The van der Waals surface area contributed by atoms with Gasteiger partial charge < -0.3 is 28.4 Å². The summed E-state index contributed by atoms with van der Waals surface area (Å²) in [6.45, 7) is 6.83. The number of carbonyl (C=O) groups excluding carboxylic acids is 1. The summed E-state index contributed by atoms with van der Waals surface area (Å²) >= 11 is 0. The van der Waals surface area contributed by atoms with Crippen LogP contribution in [0.15, 0.2) is 0 Å². The molecule has 7 heteroatoms. The first-order valence-electron chi connectivity index (χ1n) is 12.7. The summed E-state index contributed by atoms with van der Waals surface area (Å²) in [5.74, 6) is 0. The van der Waals surface area contributed by atoms with E-state index in [0.29, 0.717) is 26.4 Å². The van der Waals surface area contributed by atoms with Crippen molar-refractivity contribution < 1.29 is 33.2 Å². The first-order valence-corrected chi connectivity index (χ1v) is 12.7. The third-order valence-electron chi connectivity index (χ3n) is 5.32. The molecule has 0 N–H and O–H groups in total. The van der Waals surface area contributed by atoms with Crippen LogP contribution in [-0.2, 0) is 28.4 Å². The third-order valence-corrected chi connectivity index (χ3v) is 5.32. The van der Waals surface area contributed by atoms with Gasteiger partial charge in [0.2, 0.25) is 0 Å². The molecule has 0 radical (unpaired) electrons. The molecule has 0 aliphatic heterocycles. The SMILES string of the molecule is CCCCCCCC(COC(=O)OCC(CCCCCCC)OCCOC)OCCOC. The van der Waals surface area contributed by atoms with E-state index in [4.69, 9.17) is 28.4 Å². The van der Waals surface area contributed by atoms with Crippen molar-refractivity contribution in [1.82, 2.24) is 0 Å². The van der Waals surface area contributed by atoms with Crippen molar-refractivity contribution >= 4 is 6.16 Å². The zero-order valence-electron chi connectivity index (χ0n) is 21.2. The molecule has 0 bridgehead atoms. The molecule has 2 unspecified atom stereocenters. The predicted molar refractivity (Wildman–Crippen MR) is 127 cm³/mol. The van der Waals surface area contributed by atoms with Gasteiger partial charge in [0.05, 0.1) is 38.6 Å². The summed E-state index contributed by atoms with van der Waals surface area (Å²) in [6, 6.07) is 0. The van der Waals surface area contributed by atoms with Crippen molar-refractivity contribution in [2.45, 2.75) is 103 Å². The molecule has 7 nitrogen and oxygen atoms in total. The molecule has 0 rings (SSSR count). The first-order chi connectivity index (χ1) is 15.7. The molecule has 0 aromatic carbocycles. The molecular weight excluding hydrogens is 412 g/mol. The molecule has 0 aromatic heterocycles. The Morgan fingerprint density at radius 3 is 1.38 bits per heavy atom. The quantitative estimate of drug-likeness (QED) is 0.130. The highest BCUT2D eigenvalue weighted by Crippen LogP contribution is 2.12. The van der Waals surface area contributed by atoms with Crippen molar-refractivity contribution in [3.63, 3.8) is 0 Å². The van der Waals surface area contributed by atoms with Gasteiger partial charge in [-0.1, -0.05) is 78.1 Å². The Labute approximate surface area is 196 Å². The summed E-state index contributed by atoms with van der Waals surface area (Å²) in [5, 5.41) is 0. The van der Waals surface area contributed by atoms with Crippen molar-refractivity contribution in [3.05, 3.63) is 0 Å². The molecule has 0 fully saturated rings. The zero-order valence-corrected chi connectivity index (χ0v) is 21.2. The maximum Gasteiger partial charge on any atom is 0.508 e. The van der Waals surface area contributed by atoms with Gasteiger partial charge in [0.25, 0.3) is 0 Å². The molecule has 192 valence electrons. The van der Waals surface area contributed by atoms with E-state index < -0.39 is 6.16 Å². The third kappa shape index (κ3) is 21.0. The molecule has 0 aliphatic rings. The predicted octanol–water partition coefficient (Wildman–Crippen LogP) is 5.92. The smallest absolute Gasteiger partial charge is 0.432 e. The number of unbranched alkanes of at least 4 members (excludes halogenated alkanes) is 8. The second kappa shape index (κ2) is 24.7. The minimum absolute atomic E-state index is 0.133. The Morgan fingerprint density at radius 1 is 0.594 bits per heavy atom. The molecule has 0 saturated heterocycles. The van der Waals surface area contributed by atoms with Crippen LogP contribution in [0.2, 0.25) is 0 Å². The van der Waals surface area contributed by atoms with Gasteiger partial charge in [0.1, 0.15) is 13.2 Å². The average Bonchev–Trinajstić information content (AvgIpc) is 2.80. The molecule has 0 saturated carbocycles. The largest absolute Gasteiger partial charge is 0.508 e. The molecule has 2 atom stereocenters. The van der Waals surface area contributed by atoms with E-state index in [0.717, 1.165) is 25.7 Å². The fourth-order valence-corrected chi connectivity index (χ4v) is 3.34. The number of ether oxygens (including phenoxy) is 6. The van der Waals surface area contributed by atoms with Crippen LogP contribution in [0.1, 0.15) is 90.9 Å². The Hall–Kier alpha value is -0.890. The minimum Gasteiger partial charge on any atom is -0.432 e. The number of hydrogen-bond donors (Lipinski definition) is 0. The Bertz CT molecular complexity index is 358. The first kappa shape index (κ1) is 31.1. The minimum atomic E-state index is -0.664. The summed E-state index contributed by atoms with van der Waals surface area (Å²) in [6.07, 6.45) is 12.7. The van der Waals surface area contributed by atoms with Crippen LogP contribution in [0.5, 0.6) is 0 Å². The van der Waals surface area contributed by atoms with Crippen molar-refractivity contribution in [1.29, 1.82) is 0 Å². The molecular formula is C25H50O7. The Kier molecular flexibility index (Phi) is 24.1. The summed E-state index contributed by atoms with van der Waals surface area (Å²) in [5.41, 5.74) is 0. The summed E-state index contributed by atoms with van der Waals surface area (Å²) < 4.78 is 32.4. The van der Waals surface area contributed by atoms with Crippen molar-refractivity contribution in [3.8, 4) is 0 Å². The molecule has 32 heavy (non-hydrogen) atoms. The summed E-state index contributed by atoms with van der Waals surface area (Å²) in [7, 11) is 3.29. The lowest BCUT2D eigenvalue weighted by Gasteiger charge is -2.20. The number of hydrogen-bond acceptors (Lipinski definition) is 7. The second-order valence-electron chi connectivity index (χ2n) is 8.25. The number of carbonyl (C=O) groups is 1. The van der Waals surface area contributed by atoms with Crippen LogP contribution < -0.4 is 0 Å². The van der Waals surface area contributed by atoms with E-state index in [1.807, 2.05) is 0 Å². The zero-order chi connectivity index (χ0) is 23.7. The lowest BCUT2D eigenvalue weighted by atomic mass is 10.1. The van der Waals surface area contributed by atoms with Gasteiger partial charge >= 0.3 is 6.16 Å². The number of rotatable bonds is 24. The Balaban J connectivity index is 4.28. The molecule has 0 aliphatic carbocycles. The Morgan fingerprint density at radius 2 is 1.00 bits per heavy atom. The fraction of sp³-hybridized carbons (Fsp3) is 0.960. The van der Waals surface area contributed by atoms with Gasteiger partial charge in [-0.3, -0.25) is 0 Å². The van der Waals surface area contributed by atoms with Crippen LogP contribution in [0, 0.1) is 0 Å². The van der Waals surface area contributed by atoms with Gasteiger partial charge in [0, 0.05) is 14.2 Å². The van der Waals surface area contributed by atoms with Crippen LogP contribution >= 0.6 is 0 Å². The van der Waals surface area contributed by atoms with E-state index in [2.05, 4.69) is 13.8 Å². The van der Waals surface area contributed by atoms with E-state index in [1.165, 1.54) is 51.4 Å². The summed E-state index contributed by atoms with van der Waals surface area (Å²) in [4.78, 5) is 12.1. The van der Waals surface area contributed by atoms with E-state index in [1.54, 1.807) is 14.2 Å². The van der Waals surface area contributed by atoms with E-state index in [-0.39, 0.29) is 25.4 Å².